The molecule has 1 amide bonds. The summed E-state index contributed by atoms with van der Waals surface area (Å²) in [6, 6.07) is 15.4. The Labute approximate surface area is 176 Å². The van der Waals surface area contributed by atoms with Gasteiger partial charge in [0.2, 0.25) is 5.91 Å². The Balaban J connectivity index is 1.66. The molecule has 0 bridgehead atoms. The Morgan fingerprint density at radius 3 is 2.69 bits per heavy atom. The third-order valence-corrected chi connectivity index (χ3v) is 5.11. The van der Waals surface area contributed by atoms with Gasteiger partial charge in [0.15, 0.2) is 10.9 Å². The quantitative estimate of drug-likeness (QED) is 0.336. The number of hydrogen-bond donors (Lipinski definition) is 2. The lowest BCUT2D eigenvalue weighted by Crippen LogP contribution is -2.18. The second kappa shape index (κ2) is 9.54. The number of aromatic amines is 1. The number of nitrogens with zero attached hydrogens (tertiary/aromatic N) is 1. The second-order valence-electron chi connectivity index (χ2n) is 6.32. The molecule has 0 spiro atoms. The molecule has 0 fully saturated rings. The maximum Gasteiger partial charge on any atom is 0.251 e. The topological polar surface area (TPSA) is 91.9 Å². The molecule has 148 valence electrons. The van der Waals surface area contributed by atoms with Crippen LogP contribution >= 0.6 is 23.4 Å². The molecular formula is C21H18ClN3O3S. The lowest BCUT2D eigenvalue weighted by Gasteiger charge is -2.07. The molecule has 3 rings (SSSR count). The summed E-state index contributed by atoms with van der Waals surface area (Å²) in [6.07, 6.45) is -0.0566. The van der Waals surface area contributed by atoms with Crippen LogP contribution in [0.1, 0.15) is 28.5 Å². The van der Waals surface area contributed by atoms with Crippen molar-refractivity contribution in [3.8, 4) is 0 Å². The summed E-state index contributed by atoms with van der Waals surface area (Å²) >= 11 is 7.33. The van der Waals surface area contributed by atoms with Crippen LogP contribution in [-0.2, 0) is 17.0 Å². The zero-order valence-corrected chi connectivity index (χ0v) is 17.1. The van der Waals surface area contributed by atoms with E-state index in [0.717, 1.165) is 5.56 Å². The summed E-state index contributed by atoms with van der Waals surface area (Å²) in [4.78, 5) is 42.8. The third kappa shape index (κ3) is 6.30. The first-order valence-corrected chi connectivity index (χ1v) is 10.1. The van der Waals surface area contributed by atoms with Crippen LogP contribution in [0, 0.1) is 0 Å². The highest BCUT2D eigenvalue weighted by Gasteiger charge is 2.10. The number of amides is 1. The molecule has 3 aromatic rings. The number of Topliss-reactive ketones (excluding diaryl/α,β-unsaturated/α-hetero) is 1. The molecule has 0 saturated heterocycles. The molecule has 29 heavy (non-hydrogen) atoms. The molecule has 0 aliphatic rings. The maximum atomic E-state index is 12.3. The number of hydrogen-bond acceptors (Lipinski definition) is 5. The van der Waals surface area contributed by atoms with Crippen LogP contribution in [0.15, 0.2) is 64.5 Å². The molecule has 0 aliphatic heterocycles. The summed E-state index contributed by atoms with van der Waals surface area (Å²) in [5.41, 5.74) is 2.07. The molecule has 0 radical (unpaired) electrons. The second-order valence-corrected chi connectivity index (χ2v) is 7.72. The average Bonchev–Trinajstić information content (AvgIpc) is 2.66. The molecule has 0 aliphatic carbocycles. The van der Waals surface area contributed by atoms with Crippen LogP contribution in [0.5, 0.6) is 0 Å². The van der Waals surface area contributed by atoms with Gasteiger partial charge >= 0.3 is 0 Å². The highest BCUT2D eigenvalue weighted by atomic mass is 35.5. The molecule has 1 heterocycles. The van der Waals surface area contributed by atoms with Gasteiger partial charge in [0.25, 0.3) is 5.56 Å². The number of ketones is 1. The van der Waals surface area contributed by atoms with E-state index in [0.29, 0.717) is 32.9 Å². The van der Waals surface area contributed by atoms with Gasteiger partial charge in [-0.3, -0.25) is 14.4 Å². The molecule has 0 atom stereocenters. The summed E-state index contributed by atoms with van der Waals surface area (Å²) in [5, 5.41) is 3.80. The van der Waals surface area contributed by atoms with Gasteiger partial charge in [-0.25, -0.2) is 4.98 Å². The summed E-state index contributed by atoms with van der Waals surface area (Å²) in [6.45, 7) is 1.46. The van der Waals surface area contributed by atoms with Gasteiger partial charge in [-0.05, 0) is 36.8 Å². The van der Waals surface area contributed by atoms with E-state index in [1.165, 1.54) is 24.8 Å². The highest BCUT2D eigenvalue weighted by Crippen LogP contribution is 2.21. The predicted molar refractivity (Wildman–Crippen MR) is 115 cm³/mol. The van der Waals surface area contributed by atoms with E-state index in [4.69, 9.17) is 11.6 Å². The molecule has 2 N–H and O–H groups in total. The van der Waals surface area contributed by atoms with Gasteiger partial charge in [-0.15, -0.1) is 0 Å². The zero-order chi connectivity index (χ0) is 20.8. The molecule has 1 aromatic heterocycles. The van der Waals surface area contributed by atoms with E-state index in [1.807, 2.05) is 18.2 Å². The maximum absolute atomic E-state index is 12.3. The van der Waals surface area contributed by atoms with Crippen LogP contribution in [0.2, 0.25) is 5.02 Å². The van der Waals surface area contributed by atoms with Crippen molar-refractivity contribution >= 4 is 40.7 Å². The van der Waals surface area contributed by atoms with E-state index >= 15 is 0 Å². The highest BCUT2D eigenvalue weighted by molar-refractivity contribution is 7.98. The van der Waals surface area contributed by atoms with Crippen molar-refractivity contribution in [3.63, 3.8) is 0 Å². The van der Waals surface area contributed by atoms with Crippen LogP contribution in [0.25, 0.3) is 0 Å². The third-order valence-electron chi connectivity index (χ3n) is 3.93. The predicted octanol–water partition coefficient (Wildman–Crippen LogP) is 4.10. The largest absolute Gasteiger partial charge is 0.326 e. The fraction of sp³-hybridized carbons (Fsp3) is 0.143. The van der Waals surface area contributed by atoms with E-state index in [9.17, 15) is 14.4 Å². The Hall–Kier alpha value is -2.90. The van der Waals surface area contributed by atoms with Crippen LogP contribution in [0.4, 0.5) is 5.69 Å². The number of carbonyl (C=O) groups excluding carboxylic acids is 2. The molecule has 8 heteroatoms. The molecule has 0 unspecified atom stereocenters. The van der Waals surface area contributed by atoms with Gasteiger partial charge < -0.3 is 10.3 Å². The van der Waals surface area contributed by atoms with Crippen molar-refractivity contribution in [2.24, 2.45) is 0 Å². The van der Waals surface area contributed by atoms with E-state index in [1.54, 1.807) is 30.3 Å². The SMILES string of the molecule is CC(=O)c1cccc(NC(=O)Cc2cc(=O)[nH]c(SCc3cccc(Cl)c3)n2)c1. The number of thioether (sulfide) groups is 1. The minimum absolute atomic E-state index is 0.0566. The minimum Gasteiger partial charge on any atom is -0.326 e. The first-order chi connectivity index (χ1) is 13.9. The van der Waals surface area contributed by atoms with Gasteiger partial charge in [-0.1, -0.05) is 47.6 Å². The number of halogens is 1. The van der Waals surface area contributed by atoms with Gasteiger partial charge in [-0.2, -0.15) is 0 Å². The number of anilines is 1. The fourth-order valence-electron chi connectivity index (χ4n) is 2.61. The fourth-order valence-corrected chi connectivity index (χ4v) is 3.66. The zero-order valence-electron chi connectivity index (χ0n) is 15.6. The van der Waals surface area contributed by atoms with Crippen molar-refractivity contribution in [2.75, 3.05) is 5.32 Å². The van der Waals surface area contributed by atoms with E-state index < -0.39 is 0 Å². The standard InChI is InChI=1S/C21H18ClN3O3S/c1-13(26)15-5-3-7-17(9-15)23-19(27)10-18-11-20(28)25-21(24-18)29-12-14-4-2-6-16(22)8-14/h2-9,11H,10,12H2,1H3,(H,23,27)(H,24,25,28). The van der Waals surface area contributed by atoms with Gasteiger partial charge in [0.05, 0.1) is 12.1 Å². The van der Waals surface area contributed by atoms with Crippen molar-refractivity contribution in [1.29, 1.82) is 0 Å². The number of rotatable bonds is 7. The van der Waals surface area contributed by atoms with E-state index in [-0.39, 0.29) is 23.7 Å². The molecule has 0 saturated carbocycles. The van der Waals surface area contributed by atoms with Crippen molar-refractivity contribution < 1.29 is 9.59 Å². The summed E-state index contributed by atoms with van der Waals surface area (Å²) < 4.78 is 0. The van der Waals surface area contributed by atoms with Gasteiger partial charge in [0.1, 0.15) is 0 Å². The van der Waals surface area contributed by atoms with Crippen molar-refractivity contribution in [3.05, 3.63) is 86.8 Å². The molecule has 6 nitrogen and oxygen atoms in total. The minimum atomic E-state index is -0.324. The Bertz CT molecular complexity index is 1110. The number of carbonyl (C=O) groups is 2. The number of benzene rings is 2. The first-order valence-electron chi connectivity index (χ1n) is 8.77. The number of H-pyrrole nitrogens is 1. The summed E-state index contributed by atoms with van der Waals surface area (Å²) in [5.74, 6) is 0.171. The van der Waals surface area contributed by atoms with Crippen molar-refractivity contribution in [2.45, 2.75) is 24.3 Å². The van der Waals surface area contributed by atoms with Crippen LogP contribution < -0.4 is 10.9 Å². The number of aromatic nitrogens is 2. The smallest absolute Gasteiger partial charge is 0.251 e. The Kier molecular flexibility index (Phi) is 6.85. The lowest BCUT2D eigenvalue weighted by atomic mass is 10.1. The Morgan fingerprint density at radius 2 is 1.93 bits per heavy atom. The van der Waals surface area contributed by atoms with Crippen molar-refractivity contribution in [1.82, 2.24) is 9.97 Å². The van der Waals surface area contributed by atoms with Crippen LogP contribution in [-0.4, -0.2) is 21.7 Å². The van der Waals surface area contributed by atoms with Gasteiger partial charge in [0, 0.05) is 28.1 Å². The van der Waals surface area contributed by atoms with Crippen LogP contribution in [0.3, 0.4) is 0 Å². The monoisotopic (exact) mass is 427 g/mol. The normalized spacial score (nSPS) is 10.6. The molecular weight excluding hydrogens is 410 g/mol. The van der Waals surface area contributed by atoms with E-state index in [2.05, 4.69) is 15.3 Å². The number of nitrogens with one attached hydrogen (secondary N) is 2. The molecule has 2 aromatic carbocycles. The lowest BCUT2D eigenvalue weighted by molar-refractivity contribution is -0.115. The summed E-state index contributed by atoms with van der Waals surface area (Å²) in [7, 11) is 0. The average molecular weight is 428 g/mol. The Morgan fingerprint density at radius 1 is 1.14 bits per heavy atom. The first kappa shape index (κ1) is 20.8.